The lowest BCUT2D eigenvalue weighted by Crippen LogP contribution is -2.16. The Balaban J connectivity index is 3.24. The first-order valence-electron chi connectivity index (χ1n) is 4.33. The number of nitrogens with one attached hydrogen (secondary N) is 1. The number of alkyl halides is 3. The summed E-state index contributed by atoms with van der Waals surface area (Å²) >= 11 is 0. The molecule has 1 unspecified atom stereocenters. The molecule has 1 rings (SSSR count). The molecule has 1 atom stereocenters. The van der Waals surface area contributed by atoms with E-state index in [1.165, 1.54) is 7.05 Å². The van der Waals surface area contributed by atoms with Gasteiger partial charge in [-0.2, -0.15) is 18.4 Å². The Bertz CT molecular complexity index is 420. The fraction of sp³-hybridized carbons (Fsp3) is 0.300. The highest BCUT2D eigenvalue weighted by atomic mass is 19.4. The summed E-state index contributed by atoms with van der Waals surface area (Å²) in [5.41, 5.74) is -1.14. The molecule has 0 fully saturated rings. The van der Waals surface area contributed by atoms with Gasteiger partial charge in [-0.3, -0.25) is 0 Å². The van der Waals surface area contributed by atoms with Crippen LogP contribution in [-0.2, 0) is 6.18 Å². The summed E-state index contributed by atoms with van der Waals surface area (Å²) in [6, 6.07) is 2.82. The van der Waals surface area contributed by atoms with Crippen LogP contribution in [0, 0.1) is 17.1 Å². The third kappa shape index (κ3) is 2.70. The number of hydrogen-bond donors (Lipinski definition) is 1. The summed E-state index contributed by atoms with van der Waals surface area (Å²) in [4.78, 5) is 0. The van der Waals surface area contributed by atoms with Gasteiger partial charge in [0.15, 0.2) is 0 Å². The Morgan fingerprint density at radius 2 is 1.94 bits per heavy atom. The van der Waals surface area contributed by atoms with E-state index in [1.54, 1.807) is 6.07 Å². The SMILES string of the molecule is CNC(C#N)c1cc(F)cc(C(F)(F)F)c1. The van der Waals surface area contributed by atoms with E-state index in [0.717, 1.165) is 12.1 Å². The highest BCUT2D eigenvalue weighted by molar-refractivity contribution is 5.31. The van der Waals surface area contributed by atoms with Crippen LogP contribution in [0.25, 0.3) is 0 Å². The zero-order valence-electron chi connectivity index (χ0n) is 8.27. The Hall–Kier alpha value is -1.61. The molecule has 0 aromatic heterocycles. The van der Waals surface area contributed by atoms with E-state index in [0.29, 0.717) is 6.07 Å². The van der Waals surface area contributed by atoms with Crippen molar-refractivity contribution in [3.8, 4) is 6.07 Å². The molecule has 0 aliphatic heterocycles. The zero-order valence-corrected chi connectivity index (χ0v) is 8.27. The second-order valence-electron chi connectivity index (χ2n) is 3.12. The molecular weight excluding hydrogens is 224 g/mol. The smallest absolute Gasteiger partial charge is 0.301 e. The van der Waals surface area contributed by atoms with Crippen LogP contribution in [0.2, 0.25) is 0 Å². The van der Waals surface area contributed by atoms with Crippen molar-refractivity contribution in [2.24, 2.45) is 0 Å². The first kappa shape index (κ1) is 12.5. The summed E-state index contributed by atoms with van der Waals surface area (Å²) in [6.45, 7) is 0. The molecular formula is C10H8F4N2. The van der Waals surface area contributed by atoms with Crippen LogP contribution in [0.15, 0.2) is 18.2 Å². The number of hydrogen-bond acceptors (Lipinski definition) is 2. The maximum atomic E-state index is 13.0. The lowest BCUT2D eigenvalue weighted by Gasteiger charge is -2.12. The van der Waals surface area contributed by atoms with Gasteiger partial charge in [0.05, 0.1) is 11.6 Å². The normalized spacial score (nSPS) is 13.2. The Kier molecular flexibility index (Phi) is 3.50. The standard InChI is InChI=1S/C10H8F4N2/c1-16-9(5-15)6-2-7(10(12,13)14)4-8(11)3-6/h2-4,9,16H,1H3. The Morgan fingerprint density at radius 1 is 1.31 bits per heavy atom. The molecule has 1 N–H and O–H groups in total. The van der Waals surface area contributed by atoms with Gasteiger partial charge >= 0.3 is 6.18 Å². The number of rotatable bonds is 2. The van der Waals surface area contributed by atoms with Crippen LogP contribution in [-0.4, -0.2) is 7.05 Å². The average Bonchev–Trinajstić information content (AvgIpc) is 2.17. The lowest BCUT2D eigenvalue weighted by atomic mass is 10.0. The first-order chi connectivity index (χ1) is 7.38. The topological polar surface area (TPSA) is 35.8 Å². The molecule has 1 aromatic rings. The molecule has 0 aliphatic carbocycles. The third-order valence-corrected chi connectivity index (χ3v) is 2.00. The predicted molar refractivity (Wildman–Crippen MR) is 48.8 cm³/mol. The summed E-state index contributed by atoms with van der Waals surface area (Å²) in [5, 5.41) is 11.1. The molecule has 0 saturated heterocycles. The fourth-order valence-electron chi connectivity index (χ4n) is 1.25. The summed E-state index contributed by atoms with van der Waals surface area (Å²) in [5.74, 6) is -1.01. The predicted octanol–water partition coefficient (Wildman–Crippen LogP) is 2.63. The maximum absolute atomic E-state index is 13.0. The van der Waals surface area contributed by atoms with Crippen LogP contribution in [0.3, 0.4) is 0 Å². The van der Waals surface area contributed by atoms with Crippen LogP contribution in [0.1, 0.15) is 17.2 Å². The second-order valence-corrected chi connectivity index (χ2v) is 3.12. The van der Waals surface area contributed by atoms with Gasteiger partial charge in [0, 0.05) is 0 Å². The van der Waals surface area contributed by atoms with Crippen LogP contribution >= 0.6 is 0 Å². The van der Waals surface area contributed by atoms with Crippen LogP contribution in [0.4, 0.5) is 17.6 Å². The lowest BCUT2D eigenvalue weighted by molar-refractivity contribution is -0.137. The highest BCUT2D eigenvalue weighted by Gasteiger charge is 2.31. The molecule has 0 saturated carbocycles. The van der Waals surface area contributed by atoms with Crippen molar-refractivity contribution >= 4 is 0 Å². The van der Waals surface area contributed by atoms with Crippen LogP contribution in [0.5, 0.6) is 0 Å². The molecule has 0 aliphatic rings. The van der Waals surface area contributed by atoms with Crippen molar-refractivity contribution in [3.63, 3.8) is 0 Å². The van der Waals surface area contributed by atoms with Gasteiger partial charge in [-0.1, -0.05) is 0 Å². The molecule has 1 aromatic carbocycles. The minimum absolute atomic E-state index is 0.0441. The van der Waals surface area contributed by atoms with Crippen molar-refractivity contribution in [1.82, 2.24) is 5.32 Å². The van der Waals surface area contributed by atoms with Crippen molar-refractivity contribution in [1.29, 1.82) is 5.26 Å². The van der Waals surface area contributed by atoms with Gasteiger partial charge < -0.3 is 5.32 Å². The molecule has 0 amide bonds. The van der Waals surface area contributed by atoms with Crippen LogP contribution < -0.4 is 5.32 Å². The Morgan fingerprint density at radius 3 is 2.38 bits per heavy atom. The Labute approximate surface area is 89.5 Å². The molecule has 0 spiro atoms. The van der Waals surface area contributed by atoms with E-state index >= 15 is 0 Å². The number of halogens is 4. The molecule has 6 heteroatoms. The molecule has 16 heavy (non-hydrogen) atoms. The maximum Gasteiger partial charge on any atom is 0.416 e. The summed E-state index contributed by atoms with van der Waals surface area (Å²) in [6.07, 6.45) is -4.62. The van der Waals surface area contributed by atoms with Crippen molar-refractivity contribution < 1.29 is 17.6 Å². The third-order valence-electron chi connectivity index (χ3n) is 2.00. The largest absolute Gasteiger partial charge is 0.416 e. The number of benzene rings is 1. The monoisotopic (exact) mass is 232 g/mol. The minimum atomic E-state index is -4.62. The fourth-order valence-corrected chi connectivity index (χ4v) is 1.25. The first-order valence-corrected chi connectivity index (χ1v) is 4.33. The summed E-state index contributed by atoms with van der Waals surface area (Å²) in [7, 11) is 1.41. The minimum Gasteiger partial charge on any atom is -0.301 e. The average molecular weight is 232 g/mol. The summed E-state index contributed by atoms with van der Waals surface area (Å²) < 4.78 is 50.0. The number of nitriles is 1. The van der Waals surface area contributed by atoms with E-state index in [9.17, 15) is 17.6 Å². The molecule has 2 nitrogen and oxygen atoms in total. The van der Waals surface area contributed by atoms with Gasteiger partial charge in [0.1, 0.15) is 11.9 Å². The second kappa shape index (κ2) is 4.49. The quantitative estimate of drug-likeness (QED) is 0.795. The van der Waals surface area contributed by atoms with Gasteiger partial charge in [-0.25, -0.2) is 4.39 Å². The van der Waals surface area contributed by atoms with Crippen molar-refractivity contribution in [2.75, 3.05) is 7.05 Å². The van der Waals surface area contributed by atoms with E-state index < -0.39 is 23.6 Å². The highest BCUT2D eigenvalue weighted by Crippen LogP contribution is 2.31. The van der Waals surface area contributed by atoms with Crippen molar-refractivity contribution in [2.45, 2.75) is 12.2 Å². The van der Waals surface area contributed by atoms with E-state index in [2.05, 4.69) is 5.32 Å². The molecule has 0 radical (unpaired) electrons. The molecule has 0 bridgehead atoms. The van der Waals surface area contributed by atoms with Gasteiger partial charge in [0.25, 0.3) is 0 Å². The van der Waals surface area contributed by atoms with E-state index in [4.69, 9.17) is 5.26 Å². The molecule has 0 heterocycles. The van der Waals surface area contributed by atoms with Gasteiger partial charge in [-0.15, -0.1) is 0 Å². The zero-order chi connectivity index (χ0) is 12.3. The van der Waals surface area contributed by atoms with Gasteiger partial charge in [0.2, 0.25) is 0 Å². The van der Waals surface area contributed by atoms with E-state index in [1.807, 2.05) is 0 Å². The molecule has 86 valence electrons. The van der Waals surface area contributed by atoms with Crippen molar-refractivity contribution in [3.05, 3.63) is 35.1 Å². The van der Waals surface area contributed by atoms with Gasteiger partial charge in [-0.05, 0) is 30.8 Å². The number of nitrogens with zero attached hydrogens (tertiary/aromatic N) is 1. The van der Waals surface area contributed by atoms with E-state index in [-0.39, 0.29) is 5.56 Å².